The second-order valence-corrected chi connectivity index (χ2v) is 6.83. The highest BCUT2D eigenvalue weighted by Crippen LogP contribution is 2.40. The topological polar surface area (TPSA) is 86.3 Å². The Kier molecular flexibility index (Phi) is 6.13. The van der Waals surface area contributed by atoms with Gasteiger partial charge in [0.2, 0.25) is 0 Å². The summed E-state index contributed by atoms with van der Waals surface area (Å²) in [6.07, 6.45) is 4.71. The molecular formula is C18H22BrN3O4. The number of halogens is 1. The van der Waals surface area contributed by atoms with Gasteiger partial charge in [-0.3, -0.25) is 0 Å². The summed E-state index contributed by atoms with van der Waals surface area (Å²) in [5.41, 5.74) is 1.23. The molecule has 1 heterocycles. The monoisotopic (exact) mass is 423 g/mol. The van der Waals surface area contributed by atoms with E-state index in [9.17, 15) is 4.79 Å². The number of rotatable bonds is 7. The molecule has 0 saturated heterocycles. The first-order valence-corrected chi connectivity index (χ1v) is 9.64. The lowest BCUT2D eigenvalue weighted by molar-refractivity contribution is 0.0520. The number of carbonyl (C=O) groups is 1. The predicted molar refractivity (Wildman–Crippen MR) is 99.5 cm³/mol. The van der Waals surface area contributed by atoms with E-state index >= 15 is 0 Å². The summed E-state index contributed by atoms with van der Waals surface area (Å²) in [5, 5.41) is 10.5. The fourth-order valence-corrected chi connectivity index (χ4v) is 3.53. The Morgan fingerprint density at radius 3 is 2.65 bits per heavy atom. The molecule has 0 spiro atoms. The zero-order valence-corrected chi connectivity index (χ0v) is 16.5. The van der Waals surface area contributed by atoms with Gasteiger partial charge in [-0.1, -0.05) is 0 Å². The Bertz CT molecular complexity index is 772. The van der Waals surface area contributed by atoms with Gasteiger partial charge in [0.15, 0.2) is 17.2 Å². The zero-order chi connectivity index (χ0) is 18.5. The molecule has 1 saturated carbocycles. The van der Waals surface area contributed by atoms with Gasteiger partial charge in [0.25, 0.3) is 0 Å². The van der Waals surface area contributed by atoms with Gasteiger partial charge in [-0.2, -0.15) is 10.3 Å². The largest absolute Gasteiger partial charge is 0.490 e. The van der Waals surface area contributed by atoms with Crippen LogP contribution in [0.5, 0.6) is 11.5 Å². The third kappa shape index (κ3) is 4.00. The molecular weight excluding hydrogens is 402 g/mol. The van der Waals surface area contributed by atoms with Crippen LogP contribution in [0, 0.1) is 0 Å². The first-order chi connectivity index (χ1) is 12.6. The van der Waals surface area contributed by atoms with E-state index in [0.29, 0.717) is 29.4 Å². The molecule has 140 valence electrons. The van der Waals surface area contributed by atoms with Crippen LogP contribution < -0.4 is 9.47 Å². The van der Waals surface area contributed by atoms with Gasteiger partial charge in [-0.15, -0.1) is 5.10 Å². The van der Waals surface area contributed by atoms with Crippen molar-refractivity contribution in [2.75, 3.05) is 13.2 Å². The minimum atomic E-state index is -0.521. The van der Waals surface area contributed by atoms with E-state index in [1.807, 2.05) is 19.1 Å². The molecule has 0 unspecified atom stereocenters. The fourth-order valence-electron chi connectivity index (χ4n) is 3.02. The molecule has 0 amide bonds. The molecule has 0 atom stereocenters. The first-order valence-electron chi connectivity index (χ1n) is 8.85. The lowest BCUT2D eigenvalue weighted by Crippen LogP contribution is -2.12. The van der Waals surface area contributed by atoms with E-state index in [2.05, 4.69) is 31.3 Å². The number of aromatic amines is 1. The molecule has 1 aromatic carbocycles. The van der Waals surface area contributed by atoms with Crippen molar-refractivity contribution in [2.24, 2.45) is 0 Å². The first kappa shape index (κ1) is 18.7. The second-order valence-electron chi connectivity index (χ2n) is 5.98. The van der Waals surface area contributed by atoms with Crippen LogP contribution in [0.1, 0.15) is 50.0 Å². The average Bonchev–Trinajstić information content (AvgIpc) is 3.29. The summed E-state index contributed by atoms with van der Waals surface area (Å²) in [5.74, 6) is 0.790. The number of nitrogens with zero attached hydrogens (tertiary/aromatic N) is 2. The van der Waals surface area contributed by atoms with Crippen LogP contribution >= 0.6 is 15.9 Å². The standard InChI is InChI=1S/C18H22BrN3O4/c1-3-24-14-9-12(16-17(21-22-20-16)18(23)25-4-2)13(19)10-15(14)26-11-7-5-6-8-11/h9-11H,3-8H2,1-2H3,(H,20,21,22). The third-order valence-electron chi connectivity index (χ3n) is 4.20. The minimum Gasteiger partial charge on any atom is -0.490 e. The Labute approximate surface area is 160 Å². The smallest absolute Gasteiger partial charge is 0.361 e. The average molecular weight is 424 g/mol. The number of esters is 1. The highest BCUT2D eigenvalue weighted by molar-refractivity contribution is 9.10. The lowest BCUT2D eigenvalue weighted by atomic mass is 10.1. The lowest BCUT2D eigenvalue weighted by Gasteiger charge is -2.18. The Balaban J connectivity index is 1.97. The number of carbonyl (C=O) groups excluding carboxylic acids is 1. The summed E-state index contributed by atoms with van der Waals surface area (Å²) in [6.45, 7) is 4.44. The normalized spacial score (nSPS) is 14.4. The van der Waals surface area contributed by atoms with Crippen LogP contribution in [0.25, 0.3) is 11.3 Å². The molecule has 0 bridgehead atoms. The van der Waals surface area contributed by atoms with Crippen molar-refractivity contribution in [2.45, 2.75) is 45.6 Å². The van der Waals surface area contributed by atoms with Crippen molar-refractivity contribution in [3.8, 4) is 22.8 Å². The van der Waals surface area contributed by atoms with Crippen LogP contribution in [-0.4, -0.2) is 40.7 Å². The Morgan fingerprint density at radius 2 is 1.96 bits per heavy atom. The number of ether oxygens (including phenoxy) is 3. The van der Waals surface area contributed by atoms with Gasteiger partial charge in [-0.05, 0) is 67.6 Å². The van der Waals surface area contributed by atoms with Gasteiger partial charge in [-0.25, -0.2) is 4.79 Å². The predicted octanol–water partition coefficient (Wildman–Crippen LogP) is 4.13. The van der Waals surface area contributed by atoms with Gasteiger partial charge in [0, 0.05) is 10.0 Å². The number of hydrogen-bond acceptors (Lipinski definition) is 6. The maximum atomic E-state index is 12.1. The summed E-state index contributed by atoms with van der Waals surface area (Å²) in [7, 11) is 0. The van der Waals surface area contributed by atoms with E-state index < -0.39 is 5.97 Å². The molecule has 2 aromatic rings. The number of benzene rings is 1. The summed E-state index contributed by atoms with van der Waals surface area (Å²) < 4.78 is 17.7. The van der Waals surface area contributed by atoms with Crippen LogP contribution in [0.2, 0.25) is 0 Å². The molecule has 1 N–H and O–H groups in total. The molecule has 26 heavy (non-hydrogen) atoms. The number of nitrogens with one attached hydrogen (secondary N) is 1. The van der Waals surface area contributed by atoms with Gasteiger partial charge in [0.05, 0.1) is 19.3 Å². The van der Waals surface area contributed by atoms with Crippen molar-refractivity contribution >= 4 is 21.9 Å². The molecule has 0 aliphatic heterocycles. The summed E-state index contributed by atoms with van der Waals surface area (Å²) in [6, 6.07) is 3.68. The maximum absolute atomic E-state index is 12.1. The molecule has 3 rings (SSSR count). The molecule has 1 aliphatic rings. The second kappa shape index (κ2) is 8.53. The van der Waals surface area contributed by atoms with Crippen LogP contribution in [0.3, 0.4) is 0 Å². The maximum Gasteiger partial charge on any atom is 0.361 e. The molecule has 1 aromatic heterocycles. The summed E-state index contributed by atoms with van der Waals surface area (Å²) >= 11 is 3.56. The third-order valence-corrected chi connectivity index (χ3v) is 4.86. The van der Waals surface area contributed by atoms with Gasteiger partial charge in [0.1, 0.15) is 5.69 Å². The molecule has 1 aliphatic carbocycles. The zero-order valence-electron chi connectivity index (χ0n) is 14.9. The Morgan fingerprint density at radius 1 is 1.19 bits per heavy atom. The van der Waals surface area contributed by atoms with Crippen LogP contribution in [0.15, 0.2) is 16.6 Å². The van der Waals surface area contributed by atoms with Crippen molar-refractivity contribution in [1.29, 1.82) is 0 Å². The molecule has 7 nitrogen and oxygen atoms in total. The van der Waals surface area contributed by atoms with Crippen molar-refractivity contribution in [3.05, 3.63) is 22.3 Å². The van der Waals surface area contributed by atoms with E-state index in [1.165, 1.54) is 12.8 Å². The van der Waals surface area contributed by atoms with Gasteiger partial charge < -0.3 is 14.2 Å². The van der Waals surface area contributed by atoms with E-state index in [0.717, 1.165) is 17.3 Å². The van der Waals surface area contributed by atoms with Crippen molar-refractivity contribution in [3.63, 3.8) is 0 Å². The highest BCUT2D eigenvalue weighted by atomic mass is 79.9. The van der Waals surface area contributed by atoms with Crippen molar-refractivity contribution in [1.82, 2.24) is 15.4 Å². The number of H-pyrrole nitrogens is 1. The van der Waals surface area contributed by atoms with Crippen LogP contribution in [-0.2, 0) is 4.74 Å². The molecule has 1 fully saturated rings. The van der Waals surface area contributed by atoms with Crippen molar-refractivity contribution < 1.29 is 19.0 Å². The minimum absolute atomic E-state index is 0.138. The van der Waals surface area contributed by atoms with E-state index in [1.54, 1.807) is 6.92 Å². The fraction of sp³-hybridized carbons (Fsp3) is 0.500. The van der Waals surface area contributed by atoms with E-state index in [-0.39, 0.29) is 18.4 Å². The number of aromatic nitrogens is 3. The number of hydrogen-bond donors (Lipinski definition) is 1. The molecule has 8 heteroatoms. The SMILES string of the molecule is CCOC(=O)c1n[nH]nc1-c1cc(OCC)c(OC2CCCC2)cc1Br. The highest BCUT2D eigenvalue weighted by Gasteiger charge is 2.24. The quantitative estimate of drug-likeness (QED) is 0.673. The van der Waals surface area contributed by atoms with Crippen LogP contribution in [0.4, 0.5) is 0 Å². The summed E-state index contributed by atoms with van der Waals surface area (Å²) in [4.78, 5) is 12.1. The van der Waals surface area contributed by atoms with E-state index in [4.69, 9.17) is 14.2 Å². The Hall–Kier alpha value is -2.09. The van der Waals surface area contributed by atoms with Gasteiger partial charge >= 0.3 is 5.97 Å². The molecule has 0 radical (unpaired) electrons.